The summed E-state index contributed by atoms with van der Waals surface area (Å²) in [4.78, 5) is 28.5. The number of nitrogens with one attached hydrogen (secondary N) is 1. The Morgan fingerprint density at radius 2 is 1.49 bits per heavy atom. The van der Waals surface area contributed by atoms with E-state index < -0.39 is 22.0 Å². The molecule has 0 aliphatic heterocycles. The van der Waals surface area contributed by atoms with Crippen LogP contribution < -0.4 is 9.62 Å². The molecule has 1 N–H and O–H groups in total. The number of benzene rings is 2. The largest absolute Gasteiger partial charge is 0.352 e. The molecule has 0 heterocycles. The lowest BCUT2D eigenvalue weighted by Gasteiger charge is -2.34. The first-order valence-corrected chi connectivity index (χ1v) is 13.9. The molecular formula is C27H39N3O4S. The maximum absolute atomic E-state index is 13.8. The van der Waals surface area contributed by atoms with E-state index in [0.29, 0.717) is 12.1 Å². The second-order valence-electron chi connectivity index (χ2n) is 9.20. The van der Waals surface area contributed by atoms with Gasteiger partial charge in [-0.2, -0.15) is 0 Å². The van der Waals surface area contributed by atoms with E-state index in [1.54, 1.807) is 0 Å². The number of anilines is 1. The van der Waals surface area contributed by atoms with Crippen LogP contribution in [0, 0.1) is 20.8 Å². The van der Waals surface area contributed by atoms with Crippen molar-refractivity contribution < 1.29 is 18.0 Å². The molecule has 0 unspecified atom stereocenters. The van der Waals surface area contributed by atoms with Gasteiger partial charge in [-0.15, -0.1) is 0 Å². The third-order valence-electron chi connectivity index (χ3n) is 6.36. The summed E-state index contributed by atoms with van der Waals surface area (Å²) in [6.45, 7) is 11.2. The molecule has 0 aliphatic carbocycles. The third-order valence-corrected chi connectivity index (χ3v) is 7.47. The molecule has 2 aromatic rings. The van der Waals surface area contributed by atoms with Gasteiger partial charge in [0.2, 0.25) is 21.8 Å². The van der Waals surface area contributed by atoms with E-state index in [-0.39, 0.29) is 25.0 Å². The van der Waals surface area contributed by atoms with Crippen molar-refractivity contribution in [2.45, 2.75) is 73.0 Å². The van der Waals surface area contributed by atoms with Gasteiger partial charge in [-0.3, -0.25) is 13.9 Å². The Kier molecular flexibility index (Phi) is 9.89. The van der Waals surface area contributed by atoms with E-state index in [1.165, 1.54) is 4.90 Å². The standard InChI is InChI=1S/C27H39N3O4S/c1-8-22(6)28-27(32)24(9-2)29(17-23-16-11-10-13-19(23)3)25(31)18-30(35(7,33)34)26-20(4)14-12-15-21(26)5/h10-16,22,24H,8-9,17-18H2,1-7H3,(H,28,32)/t22-,24-/m0/s1. The van der Waals surface area contributed by atoms with E-state index in [4.69, 9.17) is 0 Å². The van der Waals surface area contributed by atoms with Crippen molar-refractivity contribution in [1.82, 2.24) is 10.2 Å². The first kappa shape index (κ1) is 28.4. The van der Waals surface area contributed by atoms with Gasteiger partial charge in [-0.05, 0) is 62.8 Å². The number of sulfonamides is 1. The van der Waals surface area contributed by atoms with Crippen molar-refractivity contribution in [2.24, 2.45) is 0 Å². The zero-order valence-corrected chi connectivity index (χ0v) is 22.8. The van der Waals surface area contributed by atoms with Crippen LogP contribution in [0.3, 0.4) is 0 Å². The molecule has 0 bridgehead atoms. The Balaban J connectivity index is 2.51. The van der Waals surface area contributed by atoms with E-state index in [0.717, 1.165) is 39.2 Å². The van der Waals surface area contributed by atoms with E-state index >= 15 is 0 Å². The van der Waals surface area contributed by atoms with Gasteiger partial charge < -0.3 is 10.2 Å². The molecule has 2 rings (SSSR count). The first-order valence-electron chi connectivity index (χ1n) is 12.1. The average molecular weight is 502 g/mol. The molecule has 0 saturated carbocycles. The lowest BCUT2D eigenvalue weighted by atomic mass is 10.1. The zero-order chi connectivity index (χ0) is 26.3. The summed E-state index contributed by atoms with van der Waals surface area (Å²) in [6, 6.07) is 12.4. The fourth-order valence-corrected chi connectivity index (χ4v) is 5.07. The summed E-state index contributed by atoms with van der Waals surface area (Å²) in [7, 11) is -3.76. The van der Waals surface area contributed by atoms with Crippen LogP contribution in [0.2, 0.25) is 0 Å². The minimum absolute atomic E-state index is 0.0332. The molecule has 2 amide bonds. The molecular weight excluding hydrogens is 462 g/mol. The number of para-hydroxylation sites is 1. The second kappa shape index (κ2) is 12.2. The summed E-state index contributed by atoms with van der Waals surface area (Å²) < 4.78 is 26.8. The normalized spacial score (nSPS) is 13.1. The molecule has 0 saturated heterocycles. The minimum atomic E-state index is -3.76. The van der Waals surface area contributed by atoms with E-state index in [2.05, 4.69) is 5.32 Å². The number of hydrogen-bond acceptors (Lipinski definition) is 4. The maximum atomic E-state index is 13.8. The van der Waals surface area contributed by atoms with E-state index in [9.17, 15) is 18.0 Å². The molecule has 0 fully saturated rings. The van der Waals surface area contributed by atoms with Gasteiger partial charge in [0.1, 0.15) is 12.6 Å². The zero-order valence-electron chi connectivity index (χ0n) is 22.0. The van der Waals surface area contributed by atoms with Gasteiger partial charge in [0.25, 0.3) is 0 Å². The second-order valence-corrected chi connectivity index (χ2v) is 11.1. The fourth-order valence-electron chi connectivity index (χ4n) is 4.11. The Bertz CT molecular complexity index is 1130. The lowest BCUT2D eigenvalue weighted by Crippen LogP contribution is -2.53. The van der Waals surface area contributed by atoms with Crippen molar-refractivity contribution >= 4 is 27.5 Å². The van der Waals surface area contributed by atoms with Gasteiger partial charge in [0, 0.05) is 12.6 Å². The highest BCUT2D eigenvalue weighted by atomic mass is 32.2. The third kappa shape index (κ3) is 7.31. The number of aryl methyl sites for hydroxylation is 3. The number of carbonyl (C=O) groups is 2. The molecule has 0 aromatic heterocycles. The number of amides is 2. The lowest BCUT2D eigenvalue weighted by molar-refractivity contribution is -0.140. The van der Waals surface area contributed by atoms with E-state index in [1.807, 2.05) is 84.0 Å². The van der Waals surface area contributed by atoms with Crippen LogP contribution >= 0.6 is 0 Å². The van der Waals surface area contributed by atoms with Crippen molar-refractivity contribution in [2.75, 3.05) is 17.1 Å². The molecule has 192 valence electrons. The molecule has 2 aromatic carbocycles. The molecule has 0 radical (unpaired) electrons. The Labute approximate surface area is 210 Å². The van der Waals surface area contributed by atoms with Gasteiger partial charge in [0.15, 0.2) is 0 Å². The fraction of sp³-hybridized carbons (Fsp3) is 0.481. The van der Waals surface area contributed by atoms with Gasteiger partial charge in [0.05, 0.1) is 11.9 Å². The van der Waals surface area contributed by atoms with Crippen LogP contribution in [0.5, 0.6) is 0 Å². The Hall–Kier alpha value is -2.87. The SMILES string of the molecule is CC[C@H](C)NC(=O)[C@H](CC)N(Cc1ccccc1C)C(=O)CN(c1c(C)cccc1C)S(C)(=O)=O. The smallest absolute Gasteiger partial charge is 0.244 e. The highest BCUT2D eigenvalue weighted by Crippen LogP contribution is 2.27. The average Bonchev–Trinajstić information content (AvgIpc) is 2.78. The highest BCUT2D eigenvalue weighted by Gasteiger charge is 2.33. The maximum Gasteiger partial charge on any atom is 0.244 e. The minimum Gasteiger partial charge on any atom is -0.352 e. The molecule has 0 spiro atoms. The predicted molar refractivity (Wildman–Crippen MR) is 142 cm³/mol. The van der Waals surface area contributed by atoms with Crippen LogP contribution in [0.25, 0.3) is 0 Å². The number of hydrogen-bond donors (Lipinski definition) is 1. The molecule has 0 aliphatic rings. The summed E-state index contributed by atoms with van der Waals surface area (Å²) >= 11 is 0. The Morgan fingerprint density at radius 1 is 0.914 bits per heavy atom. The van der Waals surface area contributed by atoms with Crippen LogP contribution in [-0.4, -0.2) is 50.0 Å². The molecule has 35 heavy (non-hydrogen) atoms. The quantitative estimate of drug-likeness (QED) is 0.502. The summed E-state index contributed by atoms with van der Waals surface area (Å²) in [5, 5.41) is 2.99. The number of carbonyl (C=O) groups excluding carboxylic acids is 2. The van der Waals surface area contributed by atoms with Gasteiger partial charge >= 0.3 is 0 Å². The van der Waals surface area contributed by atoms with Crippen molar-refractivity contribution in [1.29, 1.82) is 0 Å². The molecule has 7 nitrogen and oxygen atoms in total. The van der Waals surface area contributed by atoms with Gasteiger partial charge in [-0.25, -0.2) is 8.42 Å². The number of nitrogens with zero attached hydrogens (tertiary/aromatic N) is 2. The topological polar surface area (TPSA) is 86.8 Å². The van der Waals surface area contributed by atoms with Crippen molar-refractivity contribution in [3.8, 4) is 0 Å². The first-order chi connectivity index (χ1) is 16.4. The van der Waals surface area contributed by atoms with Crippen molar-refractivity contribution in [3.63, 3.8) is 0 Å². The van der Waals surface area contributed by atoms with Crippen molar-refractivity contribution in [3.05, 3.63) is 64.7 Å². The van der Waals surface area contributed by atoms with Crippen LogP contribution in [-0.2, 0) is 26.2 Å². The van der Waals surface area contributed by atoms with Crippen LogP contribution in [0.4, 0.5) is 5.69 Å². The molecule has 2 atom stereocenters. The number of rotatable bonds is 11. The van der Waals surface area contributed by atoms with Crippen LogP contribution in [0.15, 0.2) is 42.5 Å². The van der Waals surface area contributed by atoms with Crippen LogP contribution in [0.1, 0.15) is 55.9 Å². The summed E-state index contributed by atoms with van der Waals surface area (Å²) in [6.07, 6.45) is 2.27. The summed E-state index contributed by atoms with van der Waals surface area (Å²) in [5.74, 6) is -0.658. The Morgan fingerprint density at radius 3 is 2.00 bits per heavy atom. The predicted octanol–water partition coefficient (Wildman–Crippen LogP) is 4.10. The monoisotopic (exact) mass is 501 g/mol. The van der Waals surface area contributed by atoms with Gasteiger partial charge in [-0.1, -0.05) is 56.3 Å². The molecule has 8 heteroatoms. The summed E-state index contributed by atoms with van der Waals surface area (Å²) in [5.41, 5.74) is 3.92. The highest BCUT2D eigenvalue weighted by molar-refractivity contribution is 7.92.